The molecular formula is C23H31N5O. The summed E-state index contributed by atoms with van der Waals surface area (Å²) < 4.78 is 3.98. The van der Waals surface area contributed by atoms with Crippen LogP contribution in [0, 0.1) is 12.8 Å². The van der Waals surface area contributed by atoms with Crippen molar-refractivity contribution in [2.75, 3.05) is 0 Å². The summed E-state index contributed by atoms with van der Waals surface area (Å²) in [6.07, 6.45) is 6.79. The molecule has 0 bridgehead atoms. The van der Waals surface area contributed by atoms with Gasteiger partial charge in [0, 0.05) is 25.7 Å². The average molecular weight is 394 g/mol. The second-order valence-electron chi connectivity index (χ2n) is 8.36. The van der Waals surface area contributed by atoms with E-state index in [4.69, 9.17) is 4.98 Å². The molecule has 6 nitrogen and oxygen atoms in total. The van der Waals surface area contributed by atoms with E-state index < -0.39 is 0 Å². The first-order valence-corrected chi connectivity index (χ1v) is 10.7. The number of fused-ring (bicyclic) bond motifs is 1. The highest BCUT2D eigenvalue weighted by molar-refractivity contribution is 5.79. The minimum atomic E-state index is 0.122. The third-order valence-corrected chi connectivity index (χ3v) is 6.25. The van der Waals surface area contributed by atoms with E-state index in [1.165, 1.54) is 12.8 Å². The van der Waals surface area contributed by atoms with Gasteiger partial charge >= 0.3 is 0 Å². The molecule has 0 unspecified atom stereocenters. The summed E-state index contributed by atoms with van der Waals surface area (Å²) in [4.78, 5) is 20.3. The zero-order chi connectivity index (χ0) is 20.4. The maximum atomic E-state index is 13.5. The fourth-order valence-electron chi connectivity index (χ4n) is 4.41. The molecule has 1 aliphatic carbocycles. The SMILES string of the molecule is Cc1cc(CN(Cc2nc3ccccc3n2C)C(=O)C2CCCCCC2)nn1C. The molecule has 2 heterocycles. The van der Waals surface area contributed by atoms with E-state index in [9.17, 15) is 4.79 Å². The van der Waals surface area contributed by atoms with Crippen molar-refractivity contribution in [1.82, 2.24) is 24.2 Å². The first kappa shape index (κ1) is 19.7. The third kappa shape index (κ3) is 4.21. The molecule has 154 valence electrons. The summed E-state index contributed by atoms with van der Waals surface area (Å²) in [7, 11) is 3.98. The van der Waals surface area contributed by atoms with E-state index in [2.05, 4.69) is 21.8 Å². The Hall–Kier alpha value is -2.63. The van der Waals surface area contributed by atoms with E-state index in [1.807, 2.05) is 48.8 Å². The number of hydrogen-bond donors (Lipinski definition) is 0. The van der Waals surface area contributed by atoms with Crippen molar-refractivity contribution in [3.8, 4) is 0 Å². The molecule has 0 atom stereocenters. The monoisotopic (exact) mass is 393 g/mol. The molecule has 1 aromatic carbocycles. The lowest BCUT2D eigenvalue weighted by Crippen LogP contribution is -2.36. The maximum Gasteiger partial charge on any atom is 0.226 e. The zero-order valence-electron chi connectivity index (χ0n) is 17.8. The molecule has 29 heavy (non-hydrogen) atoms. The topological polar surface area (TPSA) is 56.0 Å². The normalized spacial score (nSPS) is 15.6. The summed E-state index contributed by atoms with van der Waals surface area (Å²) in [6.45, 7) is 3.08. The molecule has 4 rings (SSSR count). The smallest absolute Gasteiger partial charge is 0.226 e. The Morgan fingerprint density at radius 3 is 2.48 bits per heavy atom. The first-order chi connectivity index (χ1) is 14.0. The fraction of sp³-hybridized carbons (Fsp3) is 0.522. The number of carbonyl (C=O) groups excluding carboxylic acids is 1. The molecule has 0 N–H and O–H groups in total. The number of hydrogen-bond acceptors (Lipinski definition) is 3. The highest BCUT2D eigenvalue weighted by Crippen LogP contribution is 2.26. The maximum absolute atomic E-state index is 13.5. The van der Waals surface area contributed by atoms with Gasteiger partial charge in [0.15, 0.2) is 0 Å². The Morgan fingerprint density at radius 2 is 1.83 bits per heavy atom. The molecule has 6 heteroatoms. The van der Waals surface area contributed by atoms with Crippen LogP contribution in [0.25, 0.3) is 11.0 Å². The molecular weight excluding hydrogens is 362 g/mol. The van der Waals surface area contributed by atoms with Crippen LogP contribution in [0.15, 0.2) is 30.3 Å². The van der Waals surface area contributed by atoms with Gasteiger partial charge in [-0.2, -0.15) is 5.10 Å². The van der Waals surface area contributed by atoms with E-state index in [0.717, 1.165) is 53.9 Å². The third-order valence-electron chi connectivity index (χ3n) is 6.25. The van der Waals surface area contributed by atoms with Gasteiger partial charge in [-0.25, -0.2) is 4.98 Å². The number of carbonyl (C=O) groups is 1. The van der Waals surface area contributed by atoms with Crippen LogP contribution in [0.5, 0.6) is 0 Å². The summed E-state index contributed by atoms with van der Waals surface area (Å²) in [6, 6.07) is 10.2. The highest BCUT2D eigenvalue weighted by atomic mass is 16.2. The molecule has 0 saturated heterocycles. The van der Waals surface area contributed by atoms with Crippen LogP contribution < -0.4 is 0 Å². The van der Waals surface area contributed by atoms with Gasteiger partial charge in [-0.05, 0) is 38.0 Å². The van der Waals surface area contributed by atoms with Crippen molar-refractivity contribution < 1.29 is 4.79 Å². The summed E-state index contributed by atoms with van der Waals surface area (Å²) >= 11 is 0. The van der Waals surface area contributed by atoms with Gasteiger partial charge in [0.05, 0.1) is 29.8 Å². The van der Waals surface area contributed by atoms with Gasteiger partial charge in [0.2, 0.25) is 5.91 Å². The van der Waals surface area contributed by atoms with Crippen LogP contribution in [-0.2, 0) is 32.0 Å². The van der Waals surface area contributed by atoms with E-state index in [-0.39, 0.29) is 11.8 Å². The molecule has 0 spiro atoms. The highest BCUT2D eigenvalue weighted by Gasteiger charge is 2.27. The molecule has 3 aromatic rings. The van der Waals surface area contributed by atoms with Crippen LogP contribution in [-0.4, -0.2) is 30.1 Å². The second kappa shape index (κ2) is 8.39. The summed E-state index contributed by atoms with van der Waals surface area (Å²) in [5.41, 5.74) is 4.11. The standard InChI is InChI=1S/C23H31N5O/c1-17-14-19(25-27(17)3)15-28(23(29)18-10-6-4-5-7-11-18)16-22-24-20-12-8-9-13-21(20)26(22)2/h8-9,12-14,18H,4-7,10-11,15-16H2,1-3H3. The van der Waals surface area contributed by atoms with Crippen LogP contribution >= 0.6 is 0 Å². The van der Waals surface area contributed by atoms with E-state index >= 15 is 0 Å². The van der Waals surface area contributed by atoms with E-state index in [0.29, 0.717) is 13.1 Å². The summed E-state index contributed by atoms with van der Waals surface area (Å²) in [5.74, 6) is 1.29. The fourth-order valence-corrected chi connectivity index (χ4v) is 4.41. The van der Waals surface area contributed by atoms with Crippen molar-refractivity contribution in [3.63, 3.8) is 0 Å². The number of imidazole rings is 1. The number of benzene rings is 1. The van der Waals surface area contributed by atoms with Crippen molar-refractivity contribution in [3.05, 3.63) is 47.5 Å². The number of rotatable bonds is 5. The quantitative estimate of drug-likeness (QED) is 0.613. The zero-order valence-corrected chi connectivity index (χ0v) is 17.8. The Kier molecular flexibility index (Phi) is 5.69. The van der Waals surface area contributed by atoms with Crippen LogP contribution in [0.2, 0.25) is 0 Å². The van der Waals surface area contributed by atoms with Crippen molar-refractivity contribution in [2.45, 2.75) is 58.5 Å². The Morgan fingerprint density at radius 1 is 1.10 bits per heavy atom. The lowest BCUT2D eigenvalue weighted by molar-refractivity contribution is -0.137. The Labute approximate surface area is 172 Å². The number of aromatic nitrogens is 4. The largest absolute Gasteiger partial charge is 0.330 e. The number of amides is 1. The predicted octanol–water partition coefficient (Wildman–Crippen LogP) is 4.11. The van der Waals surface area contributed by atoms with Crippen molar-refractivity contribution in [2.24, 2.45) is 20.0 Å². The minimum Gasteiger partial charge on any atom is -0.330 e. The van der Waals surface area contributed by atoms with Gasteiger partial charge in [0.1, 0.15) is 5.82 Å². The van der Waals surface area contributed by atoms with E-state index in [1.54, 1.807) is 0 Å². The number of nitrogens with zero attached hydrogens (tertiary/aromatic N) is 5. The molecule has 0 aliphatic heterocycles. The van der Waals surface area contributed by atoms with Crippen LogP contribution in [0.4, 0.5) is 0 Å². The second-order valence-corrected chi connectivity index (χ2v) is 8.36. The Balaban J connectivity index is 1.62. The van der Waals surface area contributed by atoms with Gasteiger partial charge < -0.3 is 9.47 Å². The molecule has 2 aromatic heterocycles. The van der Waals surface area contributed by atoms with Gasteiger partial charge in [-0.1, -0.05) is 37.8 Å². The van der Waals surface area contributed by atoms with Crippen molar-refractivity contribution in [1.29, 1.82) is 0 Å². The summed E-state index contributed by atoms with van der Waals surface area (Å²) in [5, 5.41) is 4.60. The minimum absolute atomic E-state index is 0.122. The van der Waals surface area contributed by atoms with Crippen molar-refractivity contribution >= 4 is 16.9 Å². The molecule has 0 radical (unpaired) electrons. The first-order valence-electron chi connectivity index (χ1n) is 10.7. The Bertz CT molecular complexity index is 975. The molecule has 1 aliphatic rings. The lowest BCUT2D eigenvalue weighted by atomic mass is 9.98. The van der Waals surface area contributed by atoms with Gasteiger partial charge in [-0.15, -0.1) is 0 Å². The number of aryl methyl sites for hydroxylation is 3. The number of para-hydroxylation sites is 2. The molecule has 1 fully saturated rings. The van der Waals surface area contributed by atoms with Gasteiger partial charge in [-0.3, -0.25) is 9.48 Å². The average Bonchev–Trinajstić information content (AvgIpc) is 3.06. The predicted molar refractivity (Wildman–Crippen MR) is 114 cm³/mol. The lowest BCUT2D eigenvalue weighted by Gasteiger charge is -2.26. The van der Waals surface area contributed by atoms with Crippen LogP contribution in [0.1, 0.15) is 55.7 Å². The van der Waals surface area contributed by atoms with Gasteiger partial charge in [0.25, 0.3) is 0 Å². The molecule has 1 saturated carbocycles. The molecule has 1 amide bonds. The van der Waals surface area contributed by atoms with Crippen LogP contribution in [0.3, 0.4) is 0 Å².